The zero-order valence-corrected chi connectivity index (χ0v) is 13.8. The number of nitrogens with one attached hydrogen (secondary N) is 1. The first-order valence-electron chi connectivity index (χ1n) is 8.59. The van der Waals surface area contributed by atoms with Gasteiger partial charge in [-0.3, -0.25) is 0 Å². The lowest BCUT2D eigenvalue weighted by atomic mass is 9.83. The first-order chi connectivity index (χ1) is 9.17. The average Bonchev–Trinajstić information content (AvgIpc) is 2.44. The zero-order valence-electron chi connectivity index (χ0n) is 13.8. The highest BCUT2D eigenvalue weighted by Gasteiger charge is 2.24. The molecule has 2 atom stereocenters. The van der Waals surface area contributed by atoms with E-state index in [9.17, 15) is 0 Å². The fourth-order valence-corrected chi connectivity index (χ4v) is 3.32. The van der Waals surface area contributed by atoms with Crippen LogP contribution in [-0.4, -0.2) is 37.6 Å². The first-order valence-corrected chi connectivity index (χ1v) is 8.59. The lowest BCUT2D eigenvalue weighted by Crippen LogP contribution is -2.46. The molecule has 2 unspecified atom stereocenters. The second kappa shape index (κ2) is 9.77. The minimum absolute atomic E-state index is 0.717. The topological polar surface area (TPSA) is 15.3 Å². The Morgan fingerprint density at radius 3 is 2.37 bits per heavy atom. The molecule has 1 aliphatic rings. The van der Waals surface area contributed by atoms with Crippen molar-refractivity contribution in [3.63, 3.8) is 0 Å². The molecule has 0 aromatic heterocycles. The Morgan fingerprint density at radius 1 is 1.11 bits per heavy atom. The standard InChI is InChI=1S/C17H36N2/c1-5-12-18-17(16-10-8-7-9-11-16)14-19(4)13-15(3)6-2/h15-18H,5-14H2,1-4H3. The van der Waals surface area contributed by atoms with Gasteiger partial charge in [0.15, 0.2) is 0 Å². The maximum atomic E-state index is 3.82. The summed E-state index contributed by atoms with van der Waals surface area (Å²) >= 11 is 0. The maximum absolute atomic E-state index is 3.82. The van der Waals surface area contributed by atoms with E-state index in [0.717, 1.165) is 11.8 Å². The summed E-state index contributed by atoms with van der Waals surface area (Å²) in [4.78, 5) is 2.55. The molecular weight excluding hydrogens is 232 g/mol. The molecule has 0 bridgehead atoms. The summed E-state index contributed by atoms with van der Waals surface area (Å²) < 4.78 is 0. The van der Waals surface area contributed by atoms with Crippen molar-refractivity contribution in [2.45, 2.75) is 71.8 Å². The van der Waals surface area contributed by atoms with Crippen LogP contribution in [0.1, 0.15) is 65.7 Å². The number of hydrogen-bond donors (Lipinski definition) is 1. The molecule has 0 heterocycles. The third-order valence-corrected chi connectivity index (χ3v) is 4.70. The second-order valence-corrected chi connectivity index (χ2v) is 6.69. The largest absolute Gasteiger partial charge is 0.312 e. The van der Waals surface area contributed by atoms with Crippen LogP contribution in [0.4, 0.5) is 0 Å². The molecule has 0 aromatic carbocycles. The van der Waals surface area contributed by atoms with Gasteiger partial charge in [0.25, 0.3) is 0 Å². The number of likely N-dealkylation sites (N-methyl/N-ethyl adjacent to an activating group) is 1. The molecule has 19 heavy (non-hydrogen) atoms. The Balaban J connectivity index is 2.42. The Kier molecular flexibility index (Phi) is 8.72. The first kappa shape index (κ1) is 17.0. The molecule has 0 radical (unpaired) electrons. The van der Waals surface area contributed by atoms with Gasteiger partial charge in [-0.15, -0.1) is 0 Å². The average molecular weight is 268 g/mol. The Hall–Kier alpha value is -0.0800. The van der Waals surface area contributed by atoms with E-state index in [2.05, 4.69) is 38.0 Å². The van der Waals surface area contributed by atoms with E-state index in [-0.39, 0.29) is 0 Å². The van der Waals surface area contributed by atoms with E-state index in [1.807, 2.05) is 0 Å². The van der Waals surface area contributed by atoms with Crippen LogP contribution in [0.3, 0.4) is 0 Å². The van der Waals surface area contributed by atoms with Crippen LogP contribution in [0.5, 0.6) is 0 Å². The number of hydrogen-bond acceptors (Lipinski definition) is 2. The van der Waals surface area contributed by atoms with Gasteiger partial charge in [0.05, 0.1) is 0 Å². The highest BCUT2D eigenvalue weighted by molar-refractivity contribution is 4.81. The molecule has 0 saturated heterocycles. The molecule has 0 spiro atoms. The van der Waals surface area contributed by atoms with Crippen molar-refractivity contribution < 1.29 is 0 Å². The zero-order chi connectivity index (χ0) is 14.1. The van der Waals surface area contributed by atoms with Crippen molar-refractivity contribution in [1.82, 2.24) is 10.2 Å². The molecule has 1 saturated carbocycles. The Bertz CT molecular complexity index is 211. The summed E-state index contributed by atoms with van der Waals surface area (Å²) in [6.45, 7) is 10.6. The maximum Gasteiger partial charge on any atom is 0.0223 e. The molecule has 1 N–H and O–H groups in total. The highest BCUT2D eigenvalue weighted by Crippen LogP contribution is 2.27. The van der Waals surface area contributed by atoms with Crippen LogP contribution in [-0.2, 0) is 0 Å². The van der Waals surface area contributed by atoms with Crippen molar-refractivity contribution in [2.75, 3.05) is 26.7 Å². The highest BCUT2D eigenvalue weighted by atomic mass is 15.1. The molecule has 1 fully saturated rings. The van der Waals surface area contributed by atoms with E-state index in [1.165, 1.54) is 64.6 Å². The number of nitrogens with zero attached hydrogens (tertiary/aromatic N) is 1. The van der Waals surface area contributed by atoms with Gasteiger partial charge in [-0.25, -0.2) is 0 Å². The minimum Gasteiger partial charge on any atom is -0.312 e. The van der Waals surface area contributed by atoms with Crippen molar-refractivity contribution in [2.24, 2.45) is 11.8 Å². The molecular formula is C17H36N2. The van der Waals surface area contributed by atoms with Crippen molar-refractivity contribution >= 4 is 0 Å². The van der Waals surface area contributed by atoms with E-state index in [4.69, 9.17) is 0 Å². The molecule has 1 aliphatic carbocycles. The lowest BCUT2D eigenvalue weighted by Gasteiger charge is -2.34. The van der Waals surface area contributed by atoms with Gasteiger partial charge in [0, 0.05) is 19.1 Å². The summed E-state index contributed by atoms with van der Waals surface area (Å²) in [5, 5.41) is 3.82. The summed E-state index contributed by atoms with van der Waals surface area (Å²) in [6, 6.07) is 0.717. The molecule has 1 rings (SSSR count). The summed E-state index contributed by atoms with van der Waals surface area (Å²) in [5.74, 6) is 1.74. The van der Waals surface area contributed by atoms with Crippen LogP contribution in [0.25, 0.3) is 0 Å². The van der Waals surface area contributed by atoms with Crippen molar-refractivity contribution in [1.29, 1.82) is 0 Å². The van der Waals surface area contributed by atoms with E-state index < -0.39 is 0 Å². The van der Waals surface area contributed by atoms with E-state index in [1.54, 1.807) is 0 Å². The lowest BCUT2D eigenvalue weighted by molar-refractivity contribution is 0.191. The SMILES string of the molecule is CCCNC(CN(C)CC(C)CC)C1CCCCC1. The fourth-order valence-electron chi connectivity index (χ4n) is 3.32. The predicted molar refractivity (Wildman–Crippen MR) is 85.6 cm³/mol. The van der Waals surface area contributed by atoms with Gasteiger partial charge in [-0.05, 0) is 44.7 Å². The number of rotatable bonds is 9. The van der Waals surface area contributed by atoms with Gasteiger partial charge in [0.2, 0.25) is 0 Å². The Labute approximate surface area is 121 Å². The van der Waals surface area contributed by atoms with Crippen LogP contribution < -0.4 is 5.32 Å². The molecule has 2 heteroatoms. The normalized spacial score (nSPS) is 20.7. The molecule has 0 aliphatic heterocycles. The van der Waals surface area contributed by atoms with Gasteiger partial charge < -0.3 is 10.2 Å². The van der Waals surface area contributed by atoms with Crippen LogP contribution in [0.2, 0.25) is 0 Å². The van der Waals surface area contributed by atoms with Gasteiger partial charge in [-0.1, -0.05) is 46.5 Å². The van der Waals surface area contributed by atoms with Crippen LogP contribution in [0, 0.1) is 11.8 Å². The van der Waals surface area contributed by atoms with Gasteiger partial charge >= 0.3 is 0 Å². The van der Waals surface area contributed by atoms with Crippen molar-refractivity contribution in [3.8, 4) is 0 Å². The fraction of sp³-hybridized carbons (Fsp3) is 1.00. The molecule has 114 valence electrons. The monoisotopic (exact) mass is 268 g/mol. The van der Waals surface area contributed by atoms with Crippen LogP contribution in [0.15, 0.2) is 0 Å². The van der Waals surface area contributed by atoms with Gasteiger partial charge in [0.1, 0.15) is 0 Å². The molecule has 0 amide bonds. The third-order valence-electron chi connectivity index (χ3n) is 4.70. The molecule has 0 aromatic rings. The van der Waals surface area contributed by atoms with Crippen molar-refractivity contribution in [3.05, 3.63) is 0 Å². The molecule has 2 nitrogen and oxygen atoms in total. The minimum atomic E-state index is 0.717. The van der Waals surface area contributed by atoms with E-state index in [0.29, 0.717) is 6.04 Å². The summed E-state index contributed by atoms with van der Waals surface area (Å²) in [5.41, 5.74) is 0. The quantitative estimate of drug-likeness (QED) is 0.682. The van der Waals surface area contributed by atoms with E-state index >= 15 is 0 Å². The Morgan fingerprint density at radius 2 is 1.79 bits per heavy atom. The van der Waals surface area contributed by atoms with Crippen LogP contribution >= 0.6 is 0 Å². The third kappa shape index (κ3) is 6.76. The summed E-state index contributed by atoms with van der Waals surface area (Å²) in [7, 11) is 2.30. The smallest absolute Gasteiger partial charge is 0.0223 e. The second-order valence-electron chi connectivity index (χ2n) is 6.69. The summed E-state index contributed by atoms with van der Waals surface area (Å²) in [6.07, 6.45) is 9.78. The predicted octanol–water partition coefficient (Wildman–Crippen LogP) is 3.91. The van der Waals surface area contributed by atoms with Gasteiger partial charge in [-0.2, -0.15) is 0 Å².